The summed E-state index contributed by atoms with van der Waals surface area (Å²) in [7, 11) is 0. The molecule has 0 fully saturated rings. The predicted octanol–water partition coefficient (Wildman–Crippen LogP) is 3.97. The van der Waals surface area contributed by atoms with Gasteiger partial charge in [-0.1, -0.05) is 23.4 Å². The smallest absolute Gasteiger partial charge is 0.405 e. The highest BCUT2D eigenvalue weighted by Gasteiger charge is 2.35. The average Bonchev–Trinajstić information content (AvgIpc) is 3.24. The molecule has 1 aliphatic rings. The van der Waals surface area contributed by atoms with Gasteiger partial charge in [0.2, 0.25) is 0 Å². The fourth-order valence-corrected chi connectivity index (χ4v) is 3.27. The highest BCUT2D eigenvalue weighted by atomic mass is 16.6. The molecule has 0 bridgehead atoms. The van der Waals surface area contributed by atoms with Gasteiger partial charge in [-0.3, -0.25) is 14.5 Å². The summed E-state index contributed by atoms with van der Waals surface area (Å²) in [5.74, 6) is -0.266. The molecule has 12 nitrogen and oxygen atoms in total. The molecule has 0 spiro atoms. The standard InChI is InChI=1S/C16H11N3O3.2C5H11NO2/c17-14-12-7-9(5-6-13(12)22-18-14)8-19-15(20)10-3-1-2-4-11(10)16(19)21;2*1-5(2,3)8-4(6)7/h1-7H,8H2,(H2,17,18);2*1-3H3,(H2,6,7). The Morgan fingerprint density at radius 1 is 0.868 bits per heavy atom. The van der Waals surface area contributed by atoms with E-state index in [1.807, 2.05) is 0 Å². The summed E-state index contributed by atoms with van der Waals surface area (Å²) in [4.78, 5) is 45.9. The molecule has 1 aliphatic heterocycles. The van der Waals surface area contributed by atoms with Crippen LogP contribution in [0.5, 0.6) is 0 Å². The van der Waals surface area contributed by atoms with E-state index in [-0.39, 0.29) is 18.4 Å². The topological polar surface area (TPSA) is 194 Å². The maximum Gasteiger partial charge on any atom is 0.405 e. The maximum absolute atomic E-state index is 12.3. The summed E-state index contributed by atoms with van der Waals surface area (Å²) in [5.41, 5.74) is 16.5. The zero-order valence-electron chi connectivity index (χ0n) is 22.2. The van der Waals surface area contributed by atoms with Gasteiger partial charge in [-0.25, -0.2) is 9.59 Å². The van der Waals surface area contributed by atoms with Crippen LogP contribution in [0, 0.1) is 0 Å². The Hall–Kier alpha value is -4.61. The highest BCUT2D eigenvalue weighted by molar-refractivity contribution is 6.21. The summed E-state index contributed by atoms with van der Waals surface area (Å²) in [6.45, 7) is 10.8. The predicted molar refractivity (Wildman–Crippen MR) is 140 cm³/mol. The largest absolute Gasteiger partial charge is 0.444 e. The van der Waals surface area contributed by atoms with Crippen LogP contribution in [0.3, 0.4) is 0 Å². The Kier molecular flexibility index (Phi) is 9.06. The van der Waals surface area contributed by atoms with Crippen LogP contribution in [0.2, 0.25) is 0 Å². The van der Waals surface area contributed by atoms with Gasteiger partial charge in [-0.05, 0) is 71.4 Å². The molecule has 4 rings (SSSR count). The average molecular weight is 528 g/mol. The van der Waals surface area contributed by atoms with Gasteiger partial charge in [-0.2, -0.15) is 0 Å². The van der Waals surface area contributed by atoms with Crippen molar-refractivity contribution in [1.82, 2.24) is 10.1 Å². The van der Waals surface area contributed by atoms with Crippen molar-refractivity contribution in [3.63, 3.8) is 0 Å². The number of fused-ring (bicyclic) bond motifs is 2. The zero-order chi connectivity index (χ0) is 28.8. The molecule has 0 radical (unpaired) electrons. The molecule has 204 valence electrons. The van der Waals surface area contributed by atoms with E-state index < -0.39 is 23.4 Å². The monoisotopic (exact) mass is 527 g/mol. The van der Waals surface area contributed by atoms with Crippen LogP contribution in [0.4, 0.5) is 15.4 Å². The van der Waals surface area contributed by atoms with Crippen LogP contribution < -0.4 is 17.2 Å². The molecule has 6 N–H and O–H groups in total. The van der Waals surface area contributed by atoms with Gasteiger partial charge in [0, 0.05) is 0 Å². The summed E-state index contributed by atoms with van der Waals surface area (Å²) >= 11 is 0. The lowest BCUT2D eigenvalue weighted by atomic mass is 10.1. The van der Waals surface area contributed by atoms with Crippen molar-refractivity contribution in [2.24, 2.45) is 11.5 Å². The zero-order valence-corrected chi connectivity index (χ0v) is 22.2. The number of hydrogen-bond acceptors (Lipinski definition) is 9. The maximum atomic E-state index is 12.3. The summed E-state index contributed by atoms with van der Waals surface area (Å²) in [5, 5.41) is 4.36. The van der Waals surface area contributed by atoms with Gasteiger partial charge in [0.05, 0.1) is 23.1 Å². The molecular weight excluding hydrogens is 494 g/mol. The van der Waals surface area contributed by atoms with E-state index in [0.29, 0.717) is 27.9 Å². The minimum Gasteiger partial charge on any atom is -0.444 e. The summed E-state index contributed by atoms with van der Waals surface area (Å²) < 4.78 is 14.2. The number of aromatic nitrogens is 1. The summed E-state index contributed by atoms with van der Waals surface area (Å²) in [6.07, 6.45) is -1.45. The molecule has 38 heavy (non-hydrogen) atoms. The van der Waals surface area contributed by atoms with Crippen molar-refractivity contribution in [2.45, 2.75) is 59.3 Å². The van der Waals surface area contributed by atoms with Crippen molar-refractivity contribution in [2.75, 3.05) is 5.73 Å². The Morgan fingerprint density at radius 3 is 1.74 bits per heavy atom. The van der Waals surface area contributed by atoms with Crippen LogP contribution in [-0.2, 0) is 16.0 Å². The molecule has 2 aromatic carbocycles. The number of carbonyl (C=O) groups excluding carboxylic acids is 4. The second-order valence-corrected chi connectivity index (χ2v) is 10.2. The molecule has 4 amide bonds. The molecular formula is C26H33N5O7. The molecule has 0 aliphatic carbocycles. The van der Waals surface area contributed by atoms with E-state index >= 15 is 0 Å². The van der Waals surface area contributed by atoms with Crippen molar-refractivity contribution in [1.29, 1.82) is 0 Å². The van der Waals surface area contributed by atoms with Gasteiger partial charge >= 0.3 is 12.2 Å². The molecule has 12 heteroatoms. The van der Waals surface area contributed by atoms with Gasteiger partial charge in [0.1, 0.15) is 11.2 Å². The van der Waals surface area contributed by atoms with E-state index in [1.54, 1.807) is 84.0 Å². The van der Waals surface area contributed by atoms with Crippen LogP contribution in [0.1, 0.15) is 67.8 Å². The molecule has 3 aromatic rings. The number of carbonyl (C=O) groups is 4. The fraction of sp³-hybridized carbons (Fsp3) is 0.346. The normalized spacial score (nSPS) is 12.6. The van der Waals surface area contributed by atoms with Gasteiger partial charge in [-0.15, -0.1) is 0 Å². The van der Waals surface area contributed by atoms with Gasteiger partial charge in [0.15, 0.2) is 11.4 Å². The molecule has 0 saturated carbocycles. The van der Waals surface area contributed by atoms with Crippen LogP contribution in [0.15, 0.2) is 47.0 Å². The van der Waals surface area contributed by atoms with Gasteiger partial charge < -0.3 is 31.2 Å². The summed E-state index contributed by atoms with van der Waals surface area (Å²) in [6, 6.07) is 12.1. The minimum atomic E-state index is -0.725. The Balaban J connectivity index is 0.000000264. The lowest BCUT2D eigenvalue weighted by Crippen LogP contribution is -2.29. The number of amides is 4. The number of nitrogen functional groups attached to an aromatic ring is 1. The number of ether oxygens (including phenoxy) is 2. The third kappa shape index (κ3) is 8.50. The Labute approximate surface area is 220 Å². The number of nitrogens with two attached hydrogens (primary N) is 3. The second-order valence-electron chi connectivity index (χ2n) is 10.2. The van der Waals surface area contributed by atoms with E-state index in [2.05, 4.69) is 14.6 Å². The van der Waals surface area contributed by atoms with Crippen LogP contribution >= 0.6 is 0 Å². The van der Waals surface area contributed by atoms with Crippen molar-refractivity contribution in [3.05, 3.63) is 59.2 Å². The SMILES string of the molecule is CC(C)(C)OC(N)=O.CC(C)(C)OC(N)=O.Nc1noc2ccc(CN3C(=O)c4ccccc4C3=O)cc12. The van der Waals surface area contributed by atoms with Gasteiger partial charge in [0.25, 0.3) is 11.8 Å². The highest BCUT2D eigenvalue weighted by Crippen LogP contribution is 2.26. The first-order valence-electron chi connectivity index (χ1n) is 11.5. The van der Waals surface area contributed by atoms with E-state index in [1.165, 1.54) is 4.90 Å². The molecule has 0 atom stereocenters. The number of nitrogens with zero attached hydrogens (tertiary/aromatic N) is 2. The lowest BCUT2D eigenvalue weighted by molar-refractivity contribution is 0.0588. The molecule has 0 saturated heterocycles. The first-order valence-corrected chi connectivity index (χ1v) is 11.5. The van der Waals surface area contributed by atoms with Crippen molar-refractivity contribution >= 4 is 40.8 Å². The third-order valence-corrected chi connectivity index (χ3v) is 4.59. The van der Waals surface area contributed by atoms with Crippen LogP contribution in [0.25, 0.3) is 11.0 Å². The van der Waals surface area contributed by atoms with Crippen LogP contribution in [-0.4, -0.2) is 45.3 Å². The number of primary amides is 2. The Bertz CT molecular complexity index is 1270. The van der Waals surface area contributed by atoms with E-state index in [0.717, 1.165) is 5.56 Å². The number of anilines is 1. The quantitative estimate of drug-likeness (QED) is 0.413. The first-order chi connectivity index (χ1) is 17.5. The minimum absolute atomic E-state index is 0.187. The Morgan fingerprint density at radius 2 is 1.34 bits per heavy atom. The number of benzene rings is 2. The van der Waals surface area contributed by atoms with Crippen molar-refractivity contribution in [3.8, 4) is 0 Å². The third-order valence-electron chi connectivity index (χ3n) is 4.59. The van der Waals surface area contributed by atoms with E-state index in [9.17, 15) is 19.2 Å². The van der Waals surface area contributed by atoms with Crippen molar-refractivity contribution < 1.29 is 33.2 Å². The fourth-order valence-electron chi connectivity index (χ4n) is 3.27. The number of imide groups is 1. The molecule has 1 aromatic heterocycles. The lowest BCUT2D eigenvalue weighted by Gasteiger charge is -2.16. The molecule has 2 heterocycles. The second kappa shape index (κ2) is 11.6. The van der Waals surface area contributed by atoms with E-state index in [4.69, 9.17) is 21.7 Å². The molecule has 0 unspecified atom stereocenters. The number of hydrogen-bond donors (Lipinski definition) is 3. The number of rotatable bonds is 2. The first kappa shape index (κ1) is 29.6.